The van der Waals surface area contributed by atoms with E-state index in [2.05, 4.69) is 0 Å². The highest BCUT2D eigenvalue weighted by Crippen LogP contribution is 2.30. The third-order valence-electron chi connectivity index (χ3n) is 2.62. The van der Waals surface area contributed by atoms with Crippen LogP contribution in [0.3, 0.4) is 0 Å². The largest absolute Gasteiger partial charge is 0.420 e. The van der Waals surface area contributed by atoms with Crippen LogP contribution >= 0.6 is 0 Å². The van der Waals surface area contributed by atoms with Gasteiger partial charge in [0.25, 0.3) is 0 Å². The van der Waals surface area contributed by atoms with Crippen LogP contribution in [0.1, 0.15) is 5.56 Å². The predicted molar refractivity (Wildman–Crippen MR) is 66.0 cm³/mol. The minimum absolute atomic E-state index is 0.368. The molecule has 2 aromatic rings. The van der Waals surface area contributed by atoms with E-state index in [0.717, 1.165) is 16.6 Å². The fraction of sp³-hybridized carbons (Fsp3) is 0.250. The summed E-state index contributed by atoms with van der Waals surface area (Å²) in [5, 5.41) is 0.878. The average molecular weight is 218 g/mol. The van der Waals surface area contributed by atoms with Crippen molar-refractivity contribution in [3.63, 3.8) is 0 Å². The number of fused-ring (bicyclic) bond motifs is 1. The summed E-state index contributed by atoms with van der Waals surface area (Å²) in [7, 11) is 3.79. The molecule has 0 radical (unpaired) electrons. The molecule has 0 fully saturated rings. The highest BCUT2D eigenvalue weighted by Gasteiger charge is 2.10. The van der Waals surface area contributed by atoms with E-state index in [-0.39, 0.29) is 5.63 Å². The quantitative estimate of drug-likeness (QED) is 0.585. The van der Waals surface area contributed by atoms with Crippen LogP contribution in [0.15, 0.2) is 27.4 Å². The van der Waals surface area contributed by atoms with Crippen LogP contribution in [-0.4, -0.2) is 14.1 Å². The molecule has 1 heterocycles. The van der Waals surface area contributed by atoms with E-state index in [1.165, 1.54) is 6.07 Å². The zero-order valence-electron chi connectivity index (χ0n) is 9.57. The molecule has 84 valence electrons. The summed E-state index contributed by atoms with van der Waals surface area (Å²) in [5.74, 6) is 0. The maximum atomic E-state index is 11.3. The van der Waals surface area contributed by atoms with Crippen LogP contribution in [0.5, 0.6) is 0 Å². The van der Waals surface area contributed by atoms with Crippen LogP contribution < -0.4 is 16.3 Å². The molecule has 0 saturated carbocycles. The molecule has 4 nitrogen and oxygen atoms in total. The fourth-order valence-electron chi connectivity index (χ4n) is 1.78. The van der Waals surface area contributed by atoms with Crippen molar-refractivity contribution in [2.75, 3.05) is 24.7 Å². The lowest BCUT2D eigenvalue weighted by Crippen LogP contribution is -2.11. The molecule has 4 heteroatoms. The number of nitrogens with two attached hydrogens (primary N) is 1. The zero-order chi connectivity index (χ0) is 11.9. The summed E-state index contributed by atoms with van der Waals surface area (Å²) < 4.78 is 5.16. The molecule has 0 unspecified atom stereocenters. The Morgan fingerprint density at radius 1 is 1.31 bits per heavy atom. The second-order valence-electron chi connectivity index (χ2n) is 4.02. The minimum atomic E-state index is -0.368. The third-order valence-corrected chi connectivity index (χ3v) is 2.62. The number of nitrogen functional groups attached to an aromatic ring is 1. The van der Waals surface area contributed by atoms with Crippen molar-refractivity contribution in [1.82, 2.24) is 0 Å². The van der Waals surface area contributed by atoms with Crippen molar-refractivity contribution in [2.45, 2.75) is 6.92 Å². The monoisotopic (exact) mass is 218 g/mol. The highest BCUT2D eigenvalue weighted by atomic mass is 16.4. The molecule has 0 bridgehead atoms. The van der Waals surface area contributed by atoms with Gasteiger partial charge in [-0.1, -0.05) is 0 Å². The van der Waals surface area contributed by atoms with Crippen LogP contribution in [0.2, 0.25) is 0 Å². The van der Waals surface area contributed by atoms with Crippen LogP contribution in [0.25, 0.3) is 11.0 Å². The molecule has 1 aromatic carbocycles. The Balaban J connectivity index is 2.89. The van der Waals surface area contributed by atoms with Crippen molar-refractivity contribution >= 4 is 22.3 Å². The Labute approximate surface area is 93.3 Å². The third kappa shape index (κ3) is 1.52. The molecule has 0 aliphatic rings. The van der Waals surface area contributed by atoms with Crippen molar-refractivity contribution < 1.29 is 4.42 Å². The van der Waals surface area contributed by atoms with Gasteiger partial charge in [0.05, 0.1) is 11.4 Å². The van der Waals surface area contributed by atoms with Gasteiger partial charge in [-0.3, -0.25) is 0 Å². The zero-order valence-corrected chi connectivity index (χ0v) is 9.57. The van der Waals surface area contributed by atoms with E-state index in [0.29, 0.717) is 11.3 Å². The number of aryl methyl sites for hydroxylation is 1. The lowest BCUT2D eigenvalue weighted by molar-refractivity contribution is 0.561. The summed E-state index contributed by atoms with van der Waals surface area (Å²) in [6, 6.07) is 5.31. The summed E-state index contributed by atoms with van der Waals surface area (Å²) in [6.07, 6.45) is 0. The summed E-state index contributed by atoms with van der Waals surface area (Å²) in [5.41, 5.74) is 8.31. The van der Waals surface area contributed by atoms with Crippen molar-refractivity contribution in [2.24, 2.45) is 0 Å². The van der Waals surface area contributed by atoms with Crippen molar-refractivity contribution in [1.29, 1.82) is 0 Å². The van der Waals surface area contributed by atoms with Gasteiger partial charge >= 0.3 is 5.63 Å². The van der Waals surface area contributed by atoms with Gasteiger partial charge in [-0.2, -0.15) is 0 Å². The topological polar surface area (TPSA) is 59.5 Å². The minimum Gasteiger partial charge on any atom is -0.420 e. The first-order valence-electron chi connectivity index (χ1n) is 5.01. The van der Waals surface area contributed by atoms with Crippen LogP contribution in [0.4, 0.5) is 11.4 Å². The van der Waals surface area contributed by atoms with Crippen molar-refractivity contribution in [3.05, 3.63) is 34.2 Å². The van der Waals surface area contributed by atoms with E-state index >= 15 is 0 Å². The Kier molecular flexibility index (Phi) is 2.34. The molecule has 0 saturated heterocycles. The molecule has 0 aliphatic heterocycles. The van der Waals surface area contributed by atoms with E-state index in [4.69, 9.17) is 10.2 Å². The summed E-state index contributed by atoms with van der Waals surface area (Å²) in [6.45, 7) is 1.87. The summed E-state index contributed by atoms with van der Waals surface area (Å²) >= 11 is 0. The fourth-order valence-corrected chi connectivity index (χ4v) is 1.78. The molecule has 1 aromatic heterocycles. The molecule has 2 N–H and O–H groups in total. The van der Waals surface area contributed by atoms with Crippen LogP contribution in [-0.2, 0) is 0 Å². The van der Waals surface area contributed by atoms with E-state index in [1.54, 1.807) is 0 Å². The normalized spacial score (nSPS) is 10.7. The molecule has 0 spiro atoms. The molecule has 16 heavy (non-hydrogen) atoms. The maximum Gasteiger partial charge on any atom is 0.336 e. The smallest absolute Gasteiger partial charge is 0.336 e. The Morgan fingerprint density at radius 3 is 2.62 bits per heavy atom. The summed E-state index contributed by atoms with van der Waals surface area (Å²) in [4.78, 5) is 13.2. The van der Waals surface area contributed by atoms with Gasteiger partial charge in [0, 0.05) is 25.5 Å². The molecule has 2 rings (SSSR count). The maximum absolute atomic E-state index is 11.3. The van der Waals surface area contributed by atoms with Gasteiger partial charge in [-0.05, 0) is 24.6 Å². The number of anilines is 2. The van der Waals surface area contributed by atoms with Gasteiger partial charge in [0.2, 0.25) is 0 Å². The molecular weight excluding hydrogens is 204 g/mol. The van der Waals surface area contributed by atoms with Crippen molar-refractivity contribution in [3.8, 4) is 0 Å². The van der Waals surface area contributed by atoms with E-state index in [1.807, 2.05) is 38.1 Å². The SMILES string of the molecule is Cc1cc(=O)oc2c(N)c(N(C)C)ccc12. The van der Waals surface area contributed by atoms with Gasteiger partial charge in [0.15, 0.2) is 5.58 Å². The molecule has 0 atom stereocenters. The Morgan fingerprint density at radius 2 is 2.00 bits per heavy atom. The lowest BCUT2D eigenvalue weighted by Gasteiger charge is -2.16. The van der Waals surface area contributed by atoms with Crippen LogP contribution in [0, 0.1) is 6.92 Å². The van der Waals surface area contributed by atoms with Gasteiger partial charge in [0.1, 0.15) is 0 Å². The molecule has 0 amide bonds. The van der Waals surface area contributed by atoms with E-state index < -0.39 is 0 Å². The van der Waals surface area contributed by atoms with Gasteiger partial charge in [-0.25, -0.2) is 4.79 Å². The van der Waals surface area contributed by atoms with Gasteiger partial charge < -0.3 is 15.1 Å². The predicted octanol–water partition coefficient (Wildman–Crippen LogP) is 1.75. The highest BCUT2D eigenvalue weighted by molar-refractivity contribution is 5.96. The number of hydrogen-bond donors (Lipinski definition) is 1. The van der Waals surface area contributed by atoms with Gasteiger partial charge in [-0.15, -0.1) is 0 Å². The molecular formula is C12H14N2O2. The lowest BCUT2D eigenvalue weighted by atomic mass is 10.1. The first-order chi connectivity index (χ1) is 7.50. The first kappa shape index (κ1) is 10.5. The Bertz CT molecular complexity index is 600. The second kappa shape index (κ2) is 3.56. The number of benzene rings is 1. The standard InChI is InChI=1S/C12H14N2O2/c1-7-6-10(15)16-12-8(7)4-5-9(11(12)13)14(2)3/h4-6H,13H2,1-3H3. The number of nitrogens with zero attached hydrogens (tertiary/aromatic N) is 1. The number of rotatable bonds is 1. The second-order valence-corrected chi connectivity index (χ2v) is 4.02. The van der Waals surface area contributed by atoms with E-state index in [9.17, 15) is 4.79 Å². The molecule has 0 aliphatic carbocycles. The Hall–Kier alpha value is -1.97. The number of hydrogen-bond acceptors (Lipinski definition) is 4. The first-order valence-corrected chi connectivity index (χ1v) is 5.01. The average Bonchev–Trinajstić information content (AvgIpc) is 2.19.